The van der Waals surface area contributed by atoms with Gasteiger partial charge in [0.2, 0.25) is 11.5 Å². The van der Waals surface area contributed by atoms with Crippen LogP contribution < -0.4 is 10.9 Å². The summed E-state index contributed by atoms with van der Waals surface area (Å²) >= 11 is 0. The minimum absolute atomic E-state index is 0.0556. The molecule has 0 bridgehead atoms. The fourth-order valence-electron chi connectivity index (χ4n) is 4.19. The lowest BCUT2D eigenvalue weighted by Crippen LogP contribution is -2.39. The maximum absolute atomic E-state index is 13.0. The molecule has 32 heavy (non-hydrogen) atoms. The summed E-state index contributed by atoms with van der Waals surface area (Å²) in [4.78, 5) is 40.2. The van der Waals surface area contributed by atoms with E-state index in [0.717, 1.165) is 41.3 Å². The fraction of sp³-hybridized carbons (Fsp3) is 0.375. The molecule has 1 atom stereocenters. The summed E-state index contributed by atoms with van der Waals surface area (Å²) in [6.45, 7) is 7.15. The SMILES string of the molecule is Cc1cc(Nc2nc(C)cc(C)n2)cc([C@H]2CCCN(C(=O)c3ccc(=O)n(C)c3)C2)n1. The molecule has 0 unspecified atom stereocenters. The topological polar surface area (TPSA) is 93.0 Å². The van der Waals surface area contributed by atoms with Gasteiger partial charge in [0.1, 0.15) is 0 Å². The molecule has 1 fully saturated rings. The molecule has 1 aliphatic rings. The van der Waals surface area contributed by atoms with E-state index >= 15 is 0 Å². The van der Waals surface area contributed by atoms with Crippen molar-refractivity contribution >= 4 is 17.5 Å². The van der Waals surface area contributed by atoms with Gasteiger partial charge in [-0.15, -0.1) is 0 Å². The van der Waals surface area contributed by atoms with Gasteiger partial charge in [-0.1, -0.05) is 0 Å². The number of aromatic nitrogens is 4. The molecule has 4 rings (SSSR count). The van der Waals surface area contributed by atoms with Crippen LogP contribution in [0.15, 0.2) is 41.3 Å². The van der Waals surface area contributed by atoms with Gasteiger partial charge in [0, 0.05) is 66.8 Å². The van der Waals surface area contributed by atoms with E-state index in [2.05, 4.69) is 15.3 Å². The zero-order valence-corrected chi connectivity index (χ0v) is 18.9. The molecule has 1 aliphatic heterocycles. The van der Waals surface area contributed by atoms with Crippen LogP contribution in [0, 0.1) is 20.8 Å². The number of carbonyl (C=O) groups excluding carboxylic acids is 1. The van der Waals surface area contributed by atoms with E-state index in [4.69, 9.17) is 4.98 Å². The Labute approximate surface area is 187 Å². The van der Waals surface area contributed by atoms with Crippen molar-refractivity contribution in [3.05, 3.63) is 75.2 Å². The molecule has 8 nitrogen and oxygen atoms in total. The normalized spacial score (nSPS) is 16.1. The van der Waals surface area contributed by atoms with Gasteiger partial charge in [0.15, 0.2) is 0 Å². The van der Waals surface area contributed by atoms with Crippen LogP contribution in [0.4, 0.5) is 11.6 Å². The van der Waals surface area contributed by atoms with Crippen molar-refractivity contribution in [2.45, 2.75) is 39.5 Å². The maximum Gasteiger partial charge on any atom is 0.255 e. The number of nitrogens with zero attached hydrogens (tertiary/aromatic N) is 5. The molecule has 4 heterocycles. The first kappa shape index (κ1) is 21.7. The summed E-state index contributed by atoms with van der Waals surface area (Å²) in [6.07, 6.45) is 3.47. The Morgan fingerprint density at radius 3 is 2.47 bits per heavy atom. The number of rotatable bonds is 4. The van der Waals surface area contributed by atoms with Crippen LogP contribution in [0.2, 0.25) is 0 Å². The molecule has 1 saturated heterocycles. The molecule has 0 saturated carbocycles. The zero-order valence-electron chi connectivity index (χ0n) is 18.9. The Bertz CT molecular complexity index is 1200. The molecule has 1 N–H and O–H groups in total. The minimum atomic E-state index is -0.130. The molecule has 0 spiro atoms. The Hall–Kier alpha value is -3.55. The number of anilines is 2. The largest absolute Gasteiger partial charge is 0.338 e. The second kappa shape index (κ2) is 8.90. The Morgan fingerprint density at radius 2 is 1.75 bits per heavy atom. The predicted molar refractivity (Wildman–Crippen MR) is 123 cm³/mol. The van der Waals surface area contributed by atoms with Crippen molar-refractivity contribution in [2.24, 2.45) is 7.05 Å². The van der Waals surface area contributed by atoms with Crippen LogP contribution in [0.1, 0.15) is 51.9 Å². The van der Waals surface area contributed by atoms with Crippen molar-refractivity contribution in [2.75, 3.05) is 18.4 Å². The highest BCUT2D eigenvalue weighted by atomic mass is 16.2. The highest BCUT2D eigenvalue weighted by Crippen LogP contribution is 2.29. The van der Waals surface area contributed by atoms with Crippen molar-refractivity contribution in [1.82, 2.24) is 24.4 Å². The average molecular weight is 433 g/mol. The van der Waals surface area contributed by atoms with Gasteiger partial charge in [0.05, 0.1) is 5.56 Å². The van der Waals surface area contributed by atoms with E-state index in [1.807, 2.05) is 43.9 Å². The van der Waals surface area contributed by atoms with Crippen LogP contribution >= 0.6 is 0 Å². The van der Waals surface area contributed by atoms with Gasteiger partial charge in [0.25, 0.3) is 5.91 Å². The second-order valence-corrected chi connectivity index (χ2v) is 8.48. The molecule has 166 valence electrons. The van der Waals surface area contributed by atoms with Gasteiger partial charge >= 0.3 is 0 Å². The van der Waals surface area contributed by atoms with E-state index in [1.54, 1.807) is 19.3 Å². The molecular weight excluding hydrogens is 404 g/mol. The number of hydrogen-bond acceptors (Lipinski definition) is 6. The lowest BCUT2D eigenvalue weighted by atomic mass is 9.93. The summed E-state index contributed by atoms with van der Waals surface area (Å²) in [6, 6.07) is 8.97. The molecule has 3 aromatic rings. The van der Waals surface area contributed by atoms with Crippen molar-refractivity contribution in [3.8, 4) is 0 Å². The van der Waals surface area contributed by atoms with Crippen molar-refractivity contribution < 1.29 is 4.79 Å². The summed E-state index contributed by atoms with van der Waals surface area (Å²) in [5.74, 6) is 0.648. The number of likely N-dealkylation sites (tertiary alicyclic amines) is 1. The lowest BCUT2D eigenvalue weighted by molar-refractivity contribution is 0.0705. The van der Waals surface area contributed by atoms with Crippen LogP contribution in [-0.4, -0.2) is 43.4 Å². The van der Waals surface area contributed by atoms with Crippen LogP contribution in [-0.2, 0) is 7.05 Å². The molecule has 0 aliphatic carbocycles. The summed E-state index contributed by atoms with van der Waals surface area (Å²) in [7, 11) is 1.66. The number of amides is 1. The van der Waals surface area contributed by atoms with E-state index in [9.17, 15) is 9.59 Å². The third-order valence-corrected chi connectivity index (χ3v) is 5.67. The third-order valence-electron chi connectivity index (χ3n) is 5.67. The fourth-order valence-corrected chi connectivity index (χ4v) is 4.19. The van der Waals surface area contributed by atoms with Crippen LogP contribution in [0.5, 0.6) is 0 Å². The van der Waals surface area contributed by atoms with Gasteiger partial charge in [-0.3, -0.25) is 14.6 Å². The van der Waals surface area contributed by atoms with E-state index in [0.29, 0.717) is 24.6 Å². The highest BCUT2D eigenvalue weighted by Gasteiger charge is 2.27. The van der Waals surface area contributed by atoms with Gasteiger partial charge < -0.3 is 14.8 Å². The quantitative estimate of drug-likeness (QED) is 0.680. The van der Waals surface area contributed by atoms with Crippen molar-refractivity contribution in [1.29, 1.82) is 0 Å². The predicted octanol–water partition coefficient (Wildman–Crippen LogP) is 3.26. The maximum atomic E-state index is 13.0. The minimum Gasteiger partial charge on any atom is -0.338 e. The van der Waals surface area contributed by atoms with Gasteiger partial charge in [-0.2, -0.15) is 0 Å². The Kier molecular flexibility index (Phi) is 6.03. The summed E-state index contributed by atoms with van der Waals surface area (Å²) < 4.78 is 1.43. The van der Waals surface area contributed by atoms with Gasteiger partial charge in [-0.25, -0.2) is 9.97 Å². The molecule has 0 aromatic carbocycles. The first-order valence-corrected chi connectivity index (χ1v) is 10.8. The number of carbonyl (C=O) groups is 1. The van der Waals surface area contributed by atoms with Crippen LogP contribution in [0.25, 0.3) is 0 Å². The molecule has 3 aromatic heterocycles. The first-order valence-electron chi connectivity index (χ1n) is 10.8. The molecular formula is C24H28N6O2. The second-order valence-electron chi connectivity index (χ2n) is 8.48. The van der Waals surface area contributed by atoms with E-state index in [1.165, 1.54) is 10.6 Å². The standard InChI is InChI=1S/C24H28N6O2/c1-15-10-16(2)27-24(26-15)28-20-11-17(3)25-21(12-20)18-6-5-9-30(14-18)23(32)19-7-8-22(31)29(4)13-19/h7-8,10-13,18H,5-6,9,14H2,1-4H3,(H,25,26,27,28)/t18-/m0/s1. The smallest absolute Gasteiger partial charge is 0.255 e. The number of aryl methyl sites for hydroxylation is 4. The molecule has 0 radical (unpaired) electrons. The van der Waals surface area contributed by atoms with E-state index in [-0.39, 0.29) is 17.4 Å². The molecule has 1 amide bonds. The number of hydrogen-bond donors (Lipinski definition) is 1. The highest BCUT2D eigenvalue weighted by molar-refractivity contribution is 5.94. The van der Waals surface area contributed by atoms with Gasteiger partial charge in [-0.05, 0) is 57.9 Å². The zero-order chi connectivity index (χ0) is 22.8. The monoisotopic (exact) mass is 432 g/mol. The van der Waals surface area contributed by atoms with Crippen molar-refractivity contribution in [3.63, 3.8) is 0 Å². The third kappa shape index (κ3) is 4.85. The number of nitrogens with one attached hydrogen (secondary N) is 1. The first-order chi connectivity index (χ1) is 15.3. The number of pyridine rings is 2. The van der Waals surface area contributed by atoms with Crippen LogP contribution in [0.3, 0.4) is 0 Å². The average Bonchev–Trinajstić information content (AvgIpc) is 2.74. The lowest BCUT2D eigenvalue weighted by Gasteiger charge is -2.33. The summed E-state index contributed by atoms with van der Waals surface area (Å²) in [5.41, 5.74) is 4.95. The molecule has 8 heteroatoms. The summed E-state index contributed by atoms with van der Waals surface area (Å²) in [5, 5.41) is 3.30. The Morgan fingerprint density at radius 1 is 1.03 bits per heavy atom. The number of piperidine rings is 1. The van der Waals surface area contributed by atoms with E-state index < -0.39 is 0 Å². The Balaban J connectivity index is 1.54.